The SMILES string of the molecule is O=S(=O)(c1ccc(C2CC2)cc1)N1CCn2c(nnc2C2CC2)C1. The Morgan fingerprint density at radius 1 is 0.917 bits per heavy atom. The van der Waals surface area contributed by atoms with Gasteiger partial charge in [-0.25, -0.2) is 8.42 Å². The second kappa shape index (κ2) is 5.13. The average molecular weight is 344 g/mol. The summed E-state index contributed by atoms with van der Waals surface area (Å²) < 4.78 is 29.5. The van der Waals surface area contributed by atoms with Gasteiger partial charge >= 0.3 is 0 Å². The van der Waals surface area contributed by atoms with E-state index < -0.39 is 10.0 Å². The van der Waals surface area contributed by atoms with Crippen molar-refractivity contribution in [1.29, 1.82) is 0 Å². The molecule has 2 saturated carbocycles. The Morgan fingerprint density at radius 3 is 2.29 bits per heavy atom. The molecule has 7 heteroatoms. The van der Waals surface area contributed by atoms with Gasteiger partial charge in [-0.3, -0.25) is 0 Å². The number of fused-ring (bicyclic) bond motifs is 1. The number of aromatic nitrogens is 3. The second-order valence-corrected chi connectivity index (χ2v) is 9.02. The quantitative estimate of drug-likeness (QED) is 0.853. The summed E-state index contributed by atoms with van der Waals surface area (Å²) in [5.41, 5.74) is 1.25. The van der Waals surface area contributed by atoms with E-state index in [0.29, 0.717) is 36.4 Å². The molecular weight excluding hydrogens is 324 g/mol. The minimum atomic E-state index is -3.47. The van der Waals surface area contributed by atoms with Gasteiger partial charge in [-0.15, -0.1) is 10.2 Å². The lowest BCUT2D eigenvalue weighted by Crippen LogP contribution is -2.38. The third-order valence-corrected chi connectivity index (χ3v) is 7.12. The molecule has 1 aromatic carbocycles. The fraction of sp³-hybridized carbons (Fsp3) is 0.529. The third-order valence-electron chi connectivity index (χ3n) is 5.26. The van der Waals surface area contributed by atoms with Gasteiger partial charge in [0.1, 0.15) is 11.6 Å². The van der Waals surface area contributed by atoms with Crippen LogP contribution in [0.15, 0.2) is 29.2 Å². The molecule has 3 aliphatic rings. The first kappa shape index (κ1) is 14.6. The lowest BCUT2D eigenvalue weighted by Gasteiger charge is -2.27. The number of rotatable bonds is 4. The van der Waals surface area contributed by atoms with Gasteiger partial charge in [-0.1, -0.05) is 12.1 Å². The smallest absolute Gasteiger partial charge is 0.243 e. The Bertz CT molecular complexity index is 880. The fourth-order valence-electron chi connectivity index (χ4n) is 3.48. The van der Waals surface area contributed by atoms with Crippen LogP contribution in [-0.2, 0) is 23.1 Å². The normalized spacial score (nSPS) is 21.7. The Hall–Kier alpha value is -1.73. The standard InChI is InChI=1S/C17H20N4O2S/c22-24(23,15-7-5-13(6-8-15)12-1-2-12)20-9-10-21-16(11-20)18-19-17(21)14-3-4-14/h5-8,12,14H,1-4,9-11H2. The molecule has 0 atom stereocenters. The highest BCUT2D eigenvalue weighted by molar-refractivity contribution is 7.89. The molecule has 0 spiro atoms. The Morgan fingerprint density at radius 2 is 1.62 bits per heavy atom. The predicted molar refractivity (Wildman–Crippen MR) is 88.0 cm³/mol. The maximum Gasteiger partial charge on any atom is 0.243 e. The van der Waals surface area contributed by atoms with E-state index in [1.54, 1.807) is 12.1 Å². The zero-order chi connectivity index (χ0) is 16.3. The number of hydrogen-bond donors (Lipinski definition) is 0. The molecule has 5 rings (SSSR count). The number of benzene rings is 1. The van der Waals surface area contributed by atoms with Gasteiger partial charge in [-0.2, -0.15) is 4.31 Å². The van der Waals surface area contributed by atoms with Crippen LogP contribution < -0.4 is 0 Å². The van der Waals surface area contributed by atoms with Gasteiger partial charge in [0.2, 0.25) is 10.0 Å². The van der Waals surface area contributed by atoms with Crippen LogP contribution >= 0.6 is 0 Å². The first-order valence-corrected chi connectivity index (χ1v) is 10.1. The molecule has 2 aromatic rings. The van der Waals surface area contributed by atoms with Crippen molar-refractivity contribution < 1.29 is 8.42 Å². The lowest BCUT2D eigenvalue weighted by atomic mass is 10.1. The fourth-order valence-corrected chi connectivity index (χ4v) is 4.87. The Labute approximate surface area is 141 Å². The van der Waals surface area contributed by atoms with Crippen molar-refractivity contribution in [3.8, 4) is 0 Å². The van der Waals surface area contributed by atoms with E-state index >= 15 is 0 Å². The Balaban J connectivity index is 1.40. The van der Waals surface area contributed by atoms with E-state index in [0.717, 1.165) is 11.6 Å². The molecule has 1 aromatic heterocycles. The largest absolute Gasteiger partial charge is 0.312 e. The van der Waals surface area contributed by atoms with E-state index in [4.69, 9.17) is 0 Å². The molecule has 1 aliphatic heterocycles. The lowest BCUT2D eigenvalue weighted by molar-refractivity contribution is 0.332. The van der Waals surface area contributed by atoms with Crippen LogP contribution in [0, 0.1) is 0 Å². The molecule has 0 radical (unpaired) electrons. The van der Waals surface area contributed by atoms with Crippen LogP contribution in [-0.4, -0.2) is 34.0 Å². The first-order valence-electron chi connectivity index (χ1n) is 8.65. The first-order chi connectivity index (χ1) is 11.6. The summed E-state index contributed by atoms with van der Waals surface area (Å²) in [5, 5.41) is 8.51. The van der Waals surface area contributed by atoms with Crippen LogP contribution in [0.4, 0.5) is 0 Å². The topological polar surface area (TPSA) is 68.1 Å². The van der Waals surface area contributed by atoms with Gasteiger partial charge in [-0.05, 0) is 49.3 Å². The molecule has 2 heterocycles. The molecule has 24 heavy (non-hydrogen) atoms. The minimum absolute atomic E-state index is 0.312. The number of hydrogen-bond acceptors (Lipinski definition) is 4. The van der Waals surface area contributed by atoms with Gasteiger partial charge in [0.25, 0.3) is 0 Å². The highest BCUT2D eigenvalue weighted by atomic mass is 32.2. The maximum atomic E-state index is 12.9. The van der Waals surface area contributed by atoms with Crippen LogP contribution in [0.25, 0.3) is 0 Å². The molecule has 0 amide bonds. The van der Waals surface area contributed by atoms with Crippen molar-refractivity contribution in [2.45, 2.75) is 55.5 Å². The van der Waals surface area contributed by atoms with E-state index in [9.17, 15) is 8.42 Å². The van der Waals surface area contributed by atoms with Crippen molar-refractivity contribution in [2.75, 3.05) is 6.54 Å². The molecule has 0 saturated heterocycles. The summed E-state index contributed by atoms with van der Waals surface area (Å²) in [6.07, 6.45) is 4.79. The highest BCUT2D eigenvalue weighted by Gasteiger charge is 2.35. The number of nitrogens with zero attached hydrogens (tertiary/aromatic N) is 4. The van der Waals surface area contributed by atoms with Crippen LogP contribution in [0.1, 0.15) is 54.7 Å². The molecule has 2 fully saturated rings. The van der Waals surface area contributed by atoms with Gasteiger partial charge < -0.3 is 4.57 Å². The summed E-state index contributed by atoms with van der Waals surface area (Å²) in [6.45, 7) is 1.44. The van der Waals surface area contributed by atoms with Crippen molar-refractivity contribution in [3.63, 3.8) is 0 Å². The maximum absolute atomic E-state index is 12.9. The van der Waals surface area contributed by atoms with Crippen molar-refractivity contribution >= 4 is 10.0 Å². The molecular formula is C17H20N4O2S. The van der Waals surface area contributed by atoms with Crippen LogP contribution in [0.3, 0.4) is 0 Å². The van der Waals surface area contributed by atoms with Crippen molar-refractivity contribution in [2.24, 2.45) is 0 Å². The van der Waals surface area contributed by atoms with Crippen LogP contribution in [0.2, 0.25) is 0 Å². The molecule has 0 bridgehead atoms. The molecule has 126 valence electrons. The third kappa shape index (κ3) is 2.38. The van der Waals surface area contributed by atoms with E-state index in [1.807, 2.05) is 12.1 Å². The van der Waals surface area contributed by atoms with Crippen LogP contribution in [0.5, 0.6) is 0 Å². The summed E-state index contributed by atoms with van der Waals surface area (Å²) >= 11 is 0. The summed E-state index contributed by atoms with van der Waals surface area (Å²) in [5.74, 6) is 2.97. The number of sulfonamides is 1. The summed E-state index contributed by atoms with van der Waals surface area (Å²) in [4.78, 5) is 0.377. The highest BCUT2D eigenvalue weighted by Crippen LogP contribution is 2.41. The molecule has 0 unspecified atom stereocenters. The summed E-state index contributed by atoms with van der Waals surface area (Å²) in [6, 6.07) is 7.42. The van der Waals surface area contributed by atoms with E-state index in [2.05, 4.69) is 14.8 Å². The second-order valence-electron chi connectivity index (χ2n) is 7.08. The zero-order valence-corrected chi connectivity index (χ0v) is 14.2. The van der Waals surface area contributed by atoms with Crippen molar-refractivity contribution in [1.82, 2.24) is 19.1 Å². The average Bonchev–Trinajstić information content (AvgIpc) is 3.52. The summed E-state index contributed by atoms with van der Waals surface area (Å²) in [7, 11) is -3.47. The van der Waals surface area contributed by atoms with Crippen molar-refractivity contribution in [3.05, 3.63) is 41.5 Å². The van der Waals surface area contributed by atoms with Gasteiger partial charge in [0, 0.05) is 19.0 Å². The van der Waals surface area contributed by atoms with Gasteiger partial charge in [0.15, 0.2) is 0 Å². The molecule has 2 aliphatic carbocycles. The van der Waals surface area contributed by atoms with Gasteiger partial charge in [0.05, 0.1) is 11.4 Å². The molecule has 0 N–H and O–H groups in total. The Kier molecular flexibility index (Phi) is 3.12. The predicted octanol–water partition coefficient (Wildman–Crippen LogP) is 2.24. The zero-order valence-electron chi connectivity index (χ0n) is 13.4. The van der Waals surface area contributed by atoms with E-state index in [-0.39, 0.29) is 0 Å². The molecule has 6 nitrogen and oxygen atoms in total. The minimum Gasteiger partial charge on any atom is -0.312 e. The van der Waals surface area contributed by atoms with E-state index in [1.165, 1.54) is 35.6 Å². The monoisotopic (exact) mass is 344 g/mol.